The molecule has 7 heteroatoms. The molecule has 1 aliphatic heterocycles. The molecule has 0 atom stereocenters. The second-order valence-corrected chi connectivity index (χ2v) is 7.20. The number of nitrogens with zero attached hydrogens (tertiary/aromatic N) is 2. The van der Waals surface area contributed by atoms with Gasteiger partial charge >= 0.3 is 0 Å². The summed E-state index contributed by atoms with van der Waals surface area (Å²) in [7, 11) is 0. The number of oxazole rings is 1. The number of benzene rings is 1. The van der Waals surface area contributed by atoms with Gasteiger partial charge in [0.2, 0.25) is 11.8 Å². The number of unbranched alkanes of at least 4 members (excludes halogenated alkanes) is 3. The highest BCUT2D eigenvalue weighted by molar-refractivity contribution is 8.00. The van der Waals surface area contributed by atoms with E-state index in [1.807, 2.05) is 24.3 Å². The summed E-state index contributed by atoms with van der Waals surface area (Å²) < 4.78 is 5.42. The van der Waals surface area contributed by atoms with Crippen LogP contribution < -0.4 is 10.2 Å². The van der Waals surface area contributed by atoms with Crippen LogP contribution in [0, 0.1) is 0 Å². The Labute approximate surface area is 157 Å². The molecule has 0 aliphatic carbocycles. The molecule has 1 aliphatic rings. The number of carbonyl (C=O) groups is 2. The number of carbonyl (C=O) groups excluding carboxylic acids is 2. The SMILES string of the molecule is CCCCCCNC(=O)c1coc(CN2C(=O)CSc3ccccc32)n1. The monoisotopic (exact) mass is 373 g/mol. The fraction of sp³-hybridized carbons (Fsp3) is 0.421. The van der Waals surface area contributed by atoms with E-state index in [-0.39, 0.29) is 24.1 Å². The molecule has 0 radical (unpaired) electrons. The van der Waals surface area contributed by atoms with Crippen LogP contribution in [0.4, 0.5) is 5.69 Å². The maximum atomic E-state index is 12.3. The van der Waals surface area contributed by atoms with E-state index in [1.54, 1.807) is 4.90 Å². The minimum atomic E-state index is -0.238. The van der Waals surface area contributed by atoms with E-state index in [2.05, 4.69) is 17.2 Å². The molecule has 6 nitrogen and oxygen atoms in total. The highest BCUT2D eigenvalue weighted by atomic mass is 32.2. The third-order valence-corrected chi connectivity index (χ3v) is 5.25. The molecule has 1 N–H and O–H groups in total. The zero-order chi connectivity index (χ0) is 18.4. The van der Waals surface area contributed by atoms with Crippen molar-refractivity contribution < 1.29 is 14.0 Å². The first-order valence-electron chi connectivity index (χ1n) is 8.94. The highest BCUT2D eigenvalue weighted by Crippen LogP contribution is 2.35. The predicted molar refractivity (Wildman–Crippen MR) is 101 cm³/mol. The van der Waals surface area contributed by atoms with Crippen LogP contribution in [0.2, 0.25) is 0 Å². The standard InChI is InChI=1S/C19H23N3O3S/c1-2-3-4-7-10-20-19(24)14-12-25-17(21-14)11-22-15-8-5-6-9-16(15)26-13-18(22)23/h5-6,8-9,12H,2-4,7,10-11,13H2,1H3,(H,20,24). The summed E-state index contributed by atoms with van der Waals surface area (Å²) in [6, 6.07) is 7.75. The Bertz CT molecular complexity index is 775. The third kappa shape index (κ3) is 4.46. The molecule has 2 amide bonds. The summed E-state index contributed by atoms with van der Waals surface area (Å²) >= 11 is 1.53. The molecular formula is C19H23N3O3S. The molecule has 0 spiro atoms. The van der Waals surface area contributed by atoms with E-state index in [1.165, 1.54) is 24.4 Å². The normalized spacial score (nSPS) is 13.6. The van der Waals surface area contributed by atoms with E-state index < -0.39 is 0 Å². The molecule has 2 heterocycles. The van der Waals surface area contributed by atoms with Gasteiger partial charge in [-0.2, -0.15) is 0 Å². The summed E-state index contributed by atoms with van der Waals surface area (Å²) in [5, 5.41) is 2.85. The van der Waals surface area contributed by atoms with Crippen LogP contribution >= 0.6 is 11.8 Å². The Kier molecular flexibility index (Phi) is 6.33. The Morgan fingerprint density at radius 3 is 3.00 bits per heavy atom. The summed E-state index contributed by atoms with van der Waals surface area (Å²) in [5.41, 5.74) is 1.11. The molecule has 0 unspecified atom stereocenters. The van der Waals surface area contributed by atoms with Gasteiger partial charge in [-0.1, -0.05) is 38.3 Å². The maximum absolute atomic E-state index is 12.3. The molecule has 0 saturated heterocycles. The highest BCUT2D eigenvalue weighted by Gasteiger charge is 2.26. The predicted octanol–water partition coefficient (Wildman–Crippen LogP) is 3.62. The first-order valence-corrected chi connectivity index (χ1v) is 9.92. The molecule has 0 fully saturated rings. The summed E-state index contributed by atoms with van der Waals surface area (Å²) in [6.07, 6.45) is 5.76. The van der Waals surface area contributed by atoms with Gasteiger partial charge in [0.25, 0.3) is 5.91 Å². The van der Waals surface area contributed by atoms with Crippen LogP contribution in [-0.4, -0.2) is 29.1 Å². The number of rotatable bonds is 8. The second kappa shape index (κ2) is 8.89. The van der Waals surface area contributed by atoms with E-state index in [9.17, 15) is 9.59 Å². The number of nitrogens with one attached hydrogen (secondary N) is 1. The average molecular weight is 373 g/mol. The molecule has 0 bridgehead atoms. The van der Waals surface area contributed by atoms with Crippen molar-refractivity contribution >= 4 is 29.3 Å². The molecule has 26 heavy (non-hydrogen) atoms. The number of fused-ring (bicyclic) bond motifs is 1. The lowest BCUT2D eigenvalue weighted by molar-refractivity contribution is -0.116. The van der Waals surface area contributed by atoms with E-state index in [0.29, 0.717) is 18.2 Å². The smallest absolute Gasteiger partial charge is 0.273 e. The van der Waals surface area contributed by atoms with Crippen molar-refractivity contribution in [3.8, 4) is 0 Å². The van der Waals surface area contributed by atoms with Crippen molar-refractivity contribution in [1.82, 2.24) is 10.3 Å². The third-order valence-electron chi connectivity index (χ3n) is 4.20. The fourth-order valence-corrected chi connectivity index (χ4v) is 3.73. The molecule has 3 rings (SSSR count). The lowest BCUT2D eigenvalue weighted by Crippen LogP contribution is -2.34. The van der Waals surface area contributed by atoms with Crippen molar-refractivity contribution in [1.29, 1.82) is 0 Å². The molecule has 1 aromatic heterocycles. The average Bonchev–Trinajstić information content (AvgIpc) is 3.12. The van der Waals surface area contributed by atoms with Gasteiger partial charge in [0.1, 0.15) is 12.8 Å². The van der Waals surface area contributed by atoms with Crippen molar-refractivity contribution in [2.75, 3.05) is 17.2 Å². The Balaban J connectivity index is 1.60. The van der Waals surface area contributed by atoms with Gasteiger partial charge in [0.15, 0.2) is 5.69 Å². The fourth-order valence-electron chi connectivity index (χ4n) is 2.79. The van der Waals surface area contributed by atoms with Crippen LogP contribution in [-0.2, 0) is 11.3 Å². The number of anilines is 1. The van der Waals surface area contributed by atoms with Gasteiger partial charge in [0.05, 0.1) is 11.4 Å². The van der Waals surface area contributed by atoms with Gasteiger partial charge < -0.3 is 14.6 Å². The lowest BCUT2D eigenvalue weighted by Gasteiger charge is -2.27. The summed E-state index contributed by atoms with van der Waals surface area (Å²) in [6.45, 7) is 3.01. The van der Waals surface area contributed by atoms with Gasteiger partial charge in [-0.25, -0.2) is 4.98 Å². The lowest BCUT2D eigenvalue weighted by atomic mass is 10.2. The summed E-state index contributed by atoms with van der Waals surface area (Å²) in [4.78, 5) is 31.4. The topological polar surface area (TPSA) is 75.4 Å². The van der Waals surface area contributed by atoms with Gasteiger partial charge in [-0.05, 0) is 18.6 Å². The molecule has 1 aromatic carbocycles. The Hall–Kier alpha value is -2.28. The second-order valence-electron chi connectivity index (χ2n) is 6.18. The summed E-state index contributed by atoms with van der Waals surface area (Å²) in [5.74, 6) is 0.519. The van der Waals surface area contributed by atoms with Crippen molar-refractivity contribution in [3.05, 3.63) is 42.1 Å². The molecule has 0 saturated carbocycles. The van der Waals surface area contributed by atoms with Crippen LogP contribution in [0.25, 0.3) is 0 Å². The van der Waals surface area contributed by atoms with E-state index >= 15 is 0 Å². The van der Waals surface area contributed by atoms with Crippen molar-refractivity contribution in [3.63, 3.8) is 0 Å². The Morgan fingerprint density at radius 1 is 1.31 bits per heavy atom. The molecular weight excluding hydrogens is 350 g/mol. The number of para-hydroxylation sites is 1. The van der Waals surface area contributed by atoms with Crippen LogP contribution in [0.1, 0.15) is 49.0 Å². The van der Waals surface area contributed by atoms with Crippen LogP contribution in [0.15, 0.2) is 39.8 Å². The maximum Gasteiger partial charge on any atom is 0.273 e. The molecule has 138 valence electrons. The van der Waals surface area contributed by atoms with Crippen molar-refractivity contribution in [2.24, 2.45) is 0 Å². The Morgan fingerprint density at radius 2 is 2.15 bits per heavy atom. The van der Waals surface area contributed by atoms with Gasteiger partial charge in [-0.3, -0.25) is 9.59 Å². The first-order chi connectivity index (χ1) is 12.7. The van der Waals surface area contributed by atoms with Crippen LogP contribution in [0.3, 0.4) is 0 Å². The molecule has 2 aromatic rings. The zero-order valence-corrected chi connectivity index (χ0v) is 15.7. The van der Waals surface area contributed by atoms with E-state index in [0.717, 1.165) is 29.8 Å². The number of aromatic nitrogens is 1. The number of amides is 2. The van der Waals surface area contributed by atoms with Crippen LogP contribution in [0.5, 0.6) is 0 Å². The number of hydrogen-bond acceptors (Lipinski definition) is 5. The first kappa shape index (κ1) is 18.5. The minimum Gasteiger partial charge on any atom is -0.446 e. The van der Waals surface area contributed by atoms with Gasteiger partial charge in [-0.15, -0.1) is 11.8 Å². The minimum absolute atomic E-state index is 0.00817. The zero-order valence-electron chi connectivity index (χ0n) is 14.9. The number of hydrogen-bond donors (Lipinski definition) is 1. The quantitative estimate of drug-likeness (QED) is 0.715. The largest absolute Gasteiger partial charge is 0.446 e. The van der Waals surface area contributed by atoms with E-state index in [4.69, 9.17) is 4.42 Å². The van der Waals surface area contributed by atoms with Crippen molar-refractivity contribution in [2.45, 2.75) is 44.0 Å². The van der Waals surface area contributed by atoms with Gasteiger partial charge in [0, 0.05) is 11.4 Å². The number of thioether (sulfide) groups is 1.